The van der Waals surface area contributed by atoms with Crippen LogP contribution in [0.15, 0.2) is 23.1 Å². The lowest BCUT2D eigenvalue weighted by Gasteiger charge is -2.05. The predicted molar refractivity (Wildman–Crippen MR) is 51.9 cm³/mol. The number of rotatable bonds is 4. The number of aryl methyl sites for hydroxylation is 2. The molecular formula is C10H15NO2. The molecule has 1 aromatic rings. The monoisotopic (exact) mass is 181 g/mol. The van der Waals surface area contributed by atoms with Crippen LogP contribution in [-0.2, 0) is 11.3 Å². The number of hydrogen-bond donors (Lipinski definition) is 0. The molecule has 0 saturated carbocycles. The Morgan fingerprint density at radius 3 is 3.00 bits per heavy atom. The van der Waals surface area contributed by atoms with Crippen LogP contribution < -0.4 is 5.56 Å². The smallest absolute Gasteiger partial charge is 0.253 e. The Bertz CT molecular complexity index is 317. The Morgan fingerprint density at radius 2 is 2.31 bits per heavy atom. The lowest BCUT2D eigenvalue weighted by molar-refractivity contribution is 0.190. The number of aromatic nitrogens is 1. The Balaban J connectivity index is 2.67. The van der Waals surface area contributed by atoms with Crippen molar-refractivity contribution in [3.05, 3.63) is 34.2 Å². The van der Waals surface area contributed by atoms with Crippen LogP contribution in [0.5, 0.6) is 0 Å². The van der Waals surface area contributed by atoms with E-state index in [9.17, 15) is 4.79 Å². The van der Waals surface area contributed by atoms with E-state index in [-0.39, 0.29) is 5.56 Å². The van der Waals surface area contributed by atoms with Gasteiger partial charge in [0.15, 0.2) is 0 Å². The summed E-state index contributed by atoms with van der Waals surface area (Å²) in [5, 5.41) is 0. The van der Waals surface area contributed by atoms with Gasteiger partial charge in [0.1, 0.15) is 0 Å². The fourth-order valence-electron chi connectivity index (χ4n) is 1.21. The summed E-state index contributed by atoms with van der Waals surface area (Å²) in [6, 6.07) is 3.72. The lowest BCUT2D eigenvalue weighted by Crippen LogP contribution is -2.21. The van der Waals surface area contributed by atoms with E-state index in [0.29, 0.717) is 6.61 Å². The summed E-state index contributed by atoms with van der Waals surface area (Å²) < 4.78 is 6.63. The Hall–Kier alpha value is -1.09. The molecule has 0 bridgehead atoms. The second-order valence-corrected chi connectivity index (χ2v) is 3.04. The molecule has 0 N–H and O–H groups in total. The maximum absolute atomic E-state index is 11.5. The third kappa shape index (κ3) is 2.70. The molecule has 1 heterocycles. The molecule has 0 aliphatic heterocycles. The standard InChI is InChI=1S/C10H15NO2/c1-9-5-3-6-11(10(9)12)7-4-8-13-2/h3,5-6H,4,7-8H2,1-2H3. The molecule has 0 aliphatic rings. The van der Waals surface area contributed by atoms with E-state index >= 15 is 0 Å². The van der Waals surface area contributed by atoms with E-state index in [1.807, 2.05) is 25.3 Å². The van der Waals surface area contributed by atoms with E-state index in [0.717, 1.165) is 18.5 Å². The first-order valence-corrected chi connectivity index (χ1v) is 4.40. The van der Waals surface area contributed by atoms with Crippen molar-refractivity contribution in [2.45, 2.75) is 19.9 Å². The third-order valence-corrected chi connectivity index (χ3v) is 1.96. The van der Waals surface area contributed by atoms with Crippen molar-refractivity contribution < 1.29 is 4.74 Å². The van der Waals surface area contributed by atoms with Gasteiger partial charge >= 0.3 is 0 Å². The molecule has 72 valence electrons. The van der Waals surface area contributed by atoms with Gasteiger partial charge in [-0.25, -0.2) is 0 Å². The van der Waals surface area contributed by atoms with Gasteiger partial charge in [0.2, 0.25) is 0 Å². The number of methoxy groups -OCH3 is 1. The molecule has 0 spiro atoms. The van der Waals surface area contributed by atoms with Gasteiger partial charge in [0, 0.05) is 32.0 Å². The zero-order valence-corrected chi connectivity index (χ0v) is 8.12. The maximum Gasteiger partial charge on any atom is 0.253 e. The van der Waals surface area contributed by atoms with Gasteiger partial charge < -0.3 is 9.30 Å². The number of nitrogens with zero attached hydrogens (tertiary/aromatic N) is 1. The molecule has 1 rings (SSSR count). The molecule has 0 fully saturated rings. The fraction of sp³-hybridized carbons (Fsp3) is 0.500. The van der Waals surface area contributed by atoms with Crippen LogP contribution in [0.2, 0.25) is 0 Å². The molecule has 1 aromatic heterocycles. The highest BCUT2D eigenvalue weighted by atomic mass is 16.5. The number of pyridine rings is 1. The molecule has 3 heteroatoms. The lowest BCUT2D eigenvalue weighted by atomic mass is 10.3. The van der Waals surface area contributed by atoms with Crippen molar-refractivity contribution in [1.82, 2.24) is 4.57 Å². The molecule has 0 aromatic carbocycles. The molecule has 13 heavy (non-hydrogen) atoms. The van der Waals surface area contributed by atoms with Gasteiger partial charge in [0.25, 0.3) is 5.56 Å². The SMILES string of the molecule is COCCCn1cccc(C)c1=O. The quantitative estimate of drug-likeness (QED) is 0.653. The summed E-state index contributed by atoms with van der Waals surface area (Å²) in [4.78, 5) is 11.5. The Kier molecular flexibility index (Phi) is 3.71. The number of ether oxygens (including phenoxy) is 1. The molecule has 0 amide bonds. The molecule has 3 nitrogen and oxygen atoms in total. The van der Waals surface area contributed by atoms with Crippen LogP contribution in [-0.4, -0.2) is 18.3 Å². The second kappa shape index (κ2) is 4.82. The molecule has 0 radical (unpaired) electrons. The summed E-state index contributed by atoms with van der Waals surface area (Å²) in [5.41, 5.74) is 0.888. The largest absolute Gasteiger partial charge is 0.385 e. The summed E-state index contributed by atoms with van der Waals surface area (Å²) in [6.07, 6.45) is 2.69. The highest BCUT2D eigenvalue weighted by Gasteiger charge is 1.96. The van der Waals surface area contributed by atoms with E-state index < -0.39 is 0 Å². The van der Waals surface area contributed by atoms with Crippen molar-refractivity contribution >= 4 is 0 Å². The average Bonchev–Trinajstić information content (AvgIpc) is 2.13. The summed E-state index contributed by atoms with van der Waals surface area (Å²) in [6.45, 7) is 3.25. The van der Waals surface area contributed by atoms with E-state index in [1.54, 1.807) is 11.7 Å². The van der Waals surface area contributed by atoms with E-state index in [1.165, 1.54) is 0 Å². The highest BCUT2D eigenvalue weighted by molar-refractivity contribution is 5.07. The number of hydrogen-bond acceptors (Lipinski definition) is 2. The van der Waals surface area contributed by atoms with Crippen molar-refractivity contribution in [2.24, 2.45) is 0 Å². The second-order valence-electron chi connectivity index (χ2n) is 3.04. The maximum atomic E-state index is 11.5. The summed E-state index contributed by atoms with van der Waals surface area (Å²) in [5.74, 6) is 0. The Morgan fingerprint density at radius 1 is 1.54 bits per heavy atom. The zero-order valence-electron chi connectivity index (χ0n) is 8.12. The van der Waals surface area contributed by atoms with Crippen LogP contribution in [0.1, 0.15) is 12.0 Å². The first-order valence-electron chi connectivity index (χ1n) is 4.40. The minimum atomic E-state index is 0.0959. The van der Waals surface area contributed by atoms with Crippen LogP contribution >= 0.6 is 0 Å². The molecule has 0 atom stereocenters. The first kappa shape index (κ1) is 9.99. The van der Waals surface area contributed by atoms with Crippen LogP contribution in [0.4, 0.5) is 0 Å². The average molecular weight is 181 g/mol. The van der Waals surface area contributed by atoms with E-state index in [4.69, 9.17) is 4.74 Å². The normalized spacial score (nSPS) is 10.3. The molecule has 0 saturated heterocycles. The Labute approximate surface area is 78.0 Å². The van der Waals surface area contributed by atoms with Gasteiger partial charge in [0.05, 0.1) is 0 Å². The fourth-order valence-corrected chi connectivity index (χ4v) is 1.21. The summed E-state index contributed by atoms with van der Waals surface area (Å²) >= 11 is 0. The van der Waals surface area contributed by atoms with Gasteiger partial charge in [-0.1, -0.05) is 6.07 Å². The minimum absolute atomic E-state index is 0.0959. The first-order chi connectivity index (χ1) is 6.25. The van der Waals surface area contributed by atoms with Crippen LogP contribution in [0.3, 0.4) is 0 Å². The van der Waals surface area contributed by atoms with Crippen molar-refractivity contribution in [3.8, 4) is 0 Å². The predicted octanol–water partition coefficient (Wildman–Crippen LogP) is 1.19. The van der Waals surface area contributed by atoms with Crippen molar-refractivity contribution in [1.29, 1.82) is 0 Å². The van der Waals surface area contributed by atoms with E-state index in [2.05, 4.69) is 0 Å². The van der Waals surface area contributed by atoms with Gasteiger partial charge in [-0.05, 0) is 19.4 Å². The molecule has 0 unspecified atom stereocenters. The zero-order chi connectivity index (χ0) is 9.68. The molecule has 0 aliphatic carbocycles. The third-order valence-electron chi connectivity index (χ3n) is 1.96. The van der Waals surface area contributed by atoms with Crippen LogP contribution in [0, 0.1) is 6.92 Å². The molecular weight excluding hydrogens is 166 g/mol. The summed E-state index contributed by atoms with van der Waals surface area (Å²) in [7, 11) is 1.67. The van der Waals surface area contributed by atoms with Crippen molar-refractivity contribution in [3.63, 3.8) is 0 Å². The van der Waals surface area contributed by atoms with Crippen molar-refractivity contribution in [2.75, 3.05) is 13.7 Å². The minimum Gasteiger partial charge on any atom is -0.385 e. The van der Waals surface area contributed by atoms with Gasteiger partial charge in [-0.2, -0.15) is 0 Å². The van der Waals surface area contributed by atoms with Gasteiger partial charge in [-0.3, -0.25) is 4.79 Å². The topological polar surface area (TPSA) is 31.2 Å². The van der Waals surface area contributed by atoms with Gasteiger partial charge in [-0.15, -0.1) is 0 Å². The van der Waals surface area contributed by atoms with Crippen LogP contribution in [0.25, 0.3) is 0 Å². The highest BCUT2D eigenvalue weighted by Crippen LogP contribution is 1.91.